The second kappa shape index (κ2) is 7.52. The quantitative estimate of drug-likeness (QED) is 0.684. The summed E-state index contributed by atoms with van der Waals surface area (Å²) in [4.78, 5) is 13.1. The molecule has 3 rings (SSSR count). The molecule has 26 heavy (non-hydrogen) atoms. The molecule has 3 N–H and O–H groups in total. The van der Waals surface area contributed by atoms with Crippen molar-refractivity contribution in [3.05, 3.63) is 64.0 Å². The van der Waals surface area contributed by atoms with Crippen molar-refractivity contribution in [2.45, 2.75) is 39.2 Å². The van der Waals surface area contributed by atoms with Crippen LogP contribution in [-0.4, -0.2) is 5.11 Å². The van der Waals surface area contributed by atoms with Gasteiger partial charge in [-0.3, -0.25) is 4.79 Å². The van der Waals surface area contributed by atoms with Crippen molar-refractivity contribution in [1.82, 2.24) is 0 Å². The Bertz CT molecular complexity index is 976. The van der Waals surface area contributed by atoms with Gasteiger partial charge >= 0.3 is 0 Å². The van der Waals surface area contributed by atoms with E-state index in [4.69, 9.17) is 10.2 Å². The fourth-order valence-corrected chi connectivity index (χ4v) is 3.38. The molecule has 0 saturated carbocycles. The monoisotopic (exact) mass is 373 g/mol. The third-order valence-electron chi connectivity index (χ3n) is 5.04. The van der Waals surface area contributed by atoms with Crippen LogP contribution in [0.25, 0.3) is 22.1 Å². The van der Waals surface area contributed by atoms with Gasteiger partial charge in [-0.05, 0) is 37.5 Å². The van der Waals surface area contributed by atoms with E-state index in [-0.39, 0.29) is 23.6 Å². The summed E-state index contributed by atoms with van der Waals surface area (Å²) in [6.45, 7) is 5.70. The minimum atomic E-state index is -0.750. The summed E-state index contributed by atoms with van der Waals surface area (Å²) in [5.41, 5.74) is 7.90. The lowest BCUT2D eigenvalue weighted by Gasteiger charge is -2.28. The third-order valence-corrected chi connectivity index (χ3v) is 5.04. The van der Waals surface area contributed by atoms with Crippen molar-refractivity contribution in [2.75, 3.05) is 0 Å². The molecule has 1 aromatic heterocycles. The molecule has 0 spiro atoms. The summed E-state index contributed by atoms with van der Waals surface area (Å²) >= 11 is 0. The molecule has 5 heteroatoms. The maximum absolute atomic E-state index is 13.1. The number of rotatable bonds is 4. The molecular weight excluding hydrogens is 350 g/mol. The normalized spacial score (nSPS) is 11.4. The summed E-state index contributed by atoms with van der Waals surface area (Å²) in [7, 11) is 0. The van der Waals surface area contributed by atoms with E-state index in [1.54, 1.807) is 13.0 Å². The Morgan fingerprint density at radius 2 is 1.69 bits per heavy atom. The molecule has 4 nitrogen and oxygen atoms in total. The maximum atomic E-state index is 13.1. The number of aryl methyl sites for hydroxylation is 1. The molecule has 0 aliphatic heterocycles. The fraction of sp³-hybridized carbons (Fsp3) is 0.286. The highest BCUT2D eigenvalue weighted by atomic mass is 35.5. The zero-order chi connectivity index (χ0) is 18.2. The second-order valence-corrected chi connectivity index (χ2v) is 6.43. The largest absolute Gasteiger partial charge is 0.507 e. The number of aromatic hydroxyl groups is 1. The van der Waals surface area contributed by atoms with E-state index in [0.717, 1.165) is 5.56 Å². The van der Waals surface area contributed by atoms with Crippen LogP contribution in [0.15, 0.2) is 51.7 Å². The minimum absolute atomic E-state index is 0. The van der Waals surface area contributed by atoms with Crippen LogP contribution in [0.3, 0.4) is 0 Å². The Kier molecular flexibility index (Phi) is 5.79. The number of hydrogen-bond donors (Lipinski definition) is 2. The first-order valence-corrected chi connectivity index (χ1v) is 8.57. The Morgan fingerprint density at radius 1 is 1.08 bits per heavy atom. The van der Waals surface area contributed by atoms with Gasteiger partial charge in [-0.25, -0.2) is 0 Å². The maximum Gasteiger partial charge on any atom is 0.200 e. The van der Waals surface area contributed by atoms with Crippen molar-refractivity contribution < 1.29 is 9.52 Å². The highest BCUT2D eigenvalue weighted by molar-refractivity contribution is 5.87. The smallest absolute Gasteiger partial charge is 0.200 e. The molecule has 0 saturated heterocycles. The summed E-state index contributed by atoms with van der Waals surface area (Å²) in [5.74, 6) is 0.582. The first-order chi connectivity index (χ1) is 11.9. The lowest BCUT2D eigenvalue weighted by atomic mass is 9.84. The Hall–Kier alpha value is -2.30. The molecule has 138 valence electrons. The third kappa shape index (κ3) is 3.11. The van der Waals surface area contributed by atoms with Gasteiger partial charge in [-0.1, -0.05) is 44.2 Å². The van der Waals surface area contributed by atoms with Crippen molar-refractivity contribution in [3.8, 4) is 16.9 Å². The Labute approximate surface area is 159 Å². The zero-order valence-electron chi connectivity index (χ0n) is 15.2. The number of hydrogen-bond acceptors (Lipinski definition) is 4. The van der Waals surface area contributed by atoms with Crippen molar-refractivity contribution >= 4 is 23.4 Å². The van der Waals surface area contributed by atoms with Crippen molar-refractivity contribution in [3.63, 3.8) is 0 Å². The van der Waals surface area contributed by atoms with Gasteiger partial charge in [0.2, 0.25) is 5.43 Å². The highest BCUT2D eigenvalue weighted by Gasteiger charge is 2.31. The SMILES string of the molecule is CCC(N)(CC)c1c(O)ccc2c(=O)c(-c3ccccc3)c(C)oc12.Cl. The van der Waals surface area contributed by atoms with Crippen molar-refractivity contribution in [1.29, 1.82) is 0 Å². The minimum Gasteiger partial charge on any atom is -0.507 e. The van der Waals surface area contributed by atoms with Gasteiger partial charge in [-0.15, -0.1) is 12.4 Å². The topological polar surface area (TPSA) is 76.5 Å². The number of nitrogens with two attached hydrogens (primary N) is 1. The van der Waals surface area contributed by atoms with E-state index < -0.39 is 5.54 Å². The predicted octanol–water partition coefficient (Wildman–Crippen LogP) is 4.87. The van der Waals surface area contributed by atoms with Gasteiger partial charge < -0.3 is 15.3 Å². The second-order valence-electron chi connectivity index (χ2n) is 6.43. The summed E-state index contributed by atoms with van der Waals surface area (Å²) in [5, 5.41) is 10.9. The summed E-state index contributed by atoms with van der Waals surface area (Å²) < 4.78 is 6.05. The van der Waals surface area contributed by atoms with E-state index in [0.29, 0.717) is 40.7 Å². The van der Waals surface area contributed by atoms with Gasteiger partial charge in [0.05, 0.1) is 16.5 Å². The number of fused-ring (bicyclic) bond motifs is 1. The van der Waals surface area contributed by atoms with Crippen LogP contribution in [0.2, 0.25) is 0 Å². The van der Waals surface area contributed by atoms with E-state index >= 15 is 0 Å². The molecule has 1 heterocycles. The Morgan fingerprint density at radius 3 is 2.27 bits per heavy atom. The van der Waals surface area contributed by atoms with Crippen LogP contribution in [0.4, 0.5) is 0 Å². The molecule has 0 fully saturated rings. The highest BCUT2D eigenvalue weighted by Crippen LogP contribution is 2.38. The fourth-order valence-electron chi connectivity index (χ4n) is 3.38. The molecule has 2 aromatic carbocycles. The molecule has 3 aromatic rings. The van der Waals surface area contributed by atoms with Crippen LogP contribution in [-0.2, 0) is 5.54 Å². The molecule has 0 atom stereocenters. The number of phenolic OH excluding ortho intramolecular Hbond substituents is 1. The molecule has 0 amide bonds. The van der Waals surface area contributed by atoms with Crippen LogP contribution in [0.5, 0.6) is 5.75 Å². The van der Waals surface area contributed by atoms with Gasteiger partial charge in [0, 0.05) is 5.54 Å². The number of phenols is 1. The van der Waals surface area contributed by atoms with E-state index in [1.807, 2.05) is 44.2 Å². The molecule has 0 bridgehead atoms. The standard InChI is InChI=1S/C21H23NO3.ClH/c1-4-21(22,5-2)18-16(23)12-11-15-19(24)17(13(3)25-20(15)18)14-9-7-6-8-10-14;/h6-12,23H,4-5,22H2,1-3H3;1H. The first kappa shape index (κ1) is 20.0. The average molecular weight is 374 g/mol. The zero-order valence-corrected chi connectivity index (χ0v) is 16.0. The van der Waals surface area contributed by atoms with Crippen LogP contribution < -0.4 is 11.2 Å². The van der Waals surface area contributed by atoms with Gasteiger partial charge in [0.1, 0.15) is 17.1 Å². The molecule has 0 radical (unpaired) electrons. The average Bonchev–Trinajstić information content (AvgIpc) is 2.62. The molecular formula is C21H24ClNO3. The summed E-state index contributed by atoms with van der Waals surface area (Å²) in [6, 6.07) is 12.6. The van der Waals surface area contributed by atoms with Gasteiger partial charge in [0.25, 0.3) is 0 Å². The van der Waals surface area contributed by atoms with Gasteiger partial charge in [-0.2, -0.15) is 0 Å². The van der Waals surface area contributed by atoms with Crippen LogP contribution in [0, 0.1) is 6.92 Å². The van der Waals surface area contributed by atoms with E-state index in [2.05, 4.69) is 0 Å². The molecule has 0 unspecified atom stereocenters. The molecule has 0 aliphatic carbocycles. The molecule has 0 aliphatic rings. The van der Waals surface area contributed by atoms with E-state index in [9.17, 15) is 9.90 Å². The van der Waals surface area contributed by atoms with Crippen molar-refractivity contribution in [2.24, 2.45) is 5.73 Å². The van der Waals surface area contributed by atoms with Crippen LogP contribution in [0.1, 0.15) is 38.0 Å². The number of benzene rings is 2. The lowest BCUT2D eigenvalue weighted by molar-refractivity contribution is 0.377. The number of halogens is 1. The van der Waals surface area contributed by atoms with E-state index in [1.165, 1.54) is 6.07 Å². The first-order valence-electron chi connectivity index (χ1n) is 8.57. The predicted molar refractivity (Wildman–Crippen MR) is 108 cm³/mol. The van der Waals surface area contributed by atoms with Crippen LogP contribution >= 0.6 is 12.4 Å². The Balaban J connectivity index is 0.00000243. The lowest BCUT2D eigenvalue weighted by Crippen LogP contribution is -2.35. The van der Waals surface area contributed by atoms with Gasteiger partial charge in [0.15, 0.2) is 0 Å². The summed E-state index contributed by atoms with van der Waals surface area (Å²) in [6.07, 6.45) is 1.25.